The molecule has 0 unspecified atom stereocenters. The highest BCUT2D eigenvalue weighted by atomic mass is 32.1. The molecule has 0 amide bonds. The smallest absolute Gasteiger partial charge is 0.0720 e. The molecule has 180 valence electrons. The zero-order valence-electron chi connectivity index (χ0n) is 20.7. The van der Waals surface area contributed by atoms with Crippen LogP contribution in [0.5, 0.6) is 0 Å². The van der Waals surface area contributed by atoms with Gasteiger partial charge in [0.25, 0.3) is 0 Å². The predicted molar refractivity (Wildman–Crippen MR) is 173 cm³/mol. The van der Waals surface area contributed by atoms with Crippen LogP contribution < -0.4 is 0 Å². The van der Waals surface area contributed by atoms with E-state index in [2.05, 4.69) is 120 Å². The minimum Gasteiger partial charge on any atom is -0.306 e. The van der Waals surface area contributed by atoms with Crippen molar-refractivity contribution in [3.63, 3.8) is 0 Å². The molecule has 6 aromatic carbocycles. The van der Waals surface area contributed by atoms with Gasteiger partial charge in [-0.2, -0.15) is 0 Å². The first kappa shape index (κ1) is 20.5. The molecular weight excluding hydrogens is 511 g/mol. The van der Waals surface area contributed by atoms with E-state index in [9.17, 15) is 0 Å². The summed E-state index contributed by atoms with van der Waals surface area (Å²) in [4.78, 5) is 0. The average molecular weight is 530 g/mol. The van der Waals surface area contributed by atoms with Crippen molar-refractivity contribution >= 4 is 112 Å². The fraction of sp³-hybridized carbons (Fsp3) is 0. The van der Waals surface area contributed by atoms with Gasteiger partial charge in [-0.25, -0.2) is 0 Å². The minimum absolute atomic E-state index is 1.27. The van der Waals surface area contributed by atoms with Gasteiger partial charge in [0.15, 0.2) is 0 Å². The van der Waals surface area contributed by atoms with Crippen molar-refractivity contribution < 1.29 is 0 Å². The number of para-hydroxylation sites is 1. The van der Waals surface area contributed by atoms with Crippen molar-refractivity contribution in [1.29, 1.82) is 0 Å². The Morgan fingerprint density at radius 3 is 1.79 bits per heavy atom. The molecule has 0 aliphatic carbocycles. The summed E-state index contributed by atoms with van der Waals surface area (Å²) in [6, 6.07) is 43.1. The van der Waals surface area contributed by atoms with E-state index in [-0.39, 0.29) is 0 Å². The number of nitrogens with zero attached hydrogens (tertiary/aromatic N) is 1. The van der Waals surface area contributed by atoms with E-state index in [1.807, 2.05) is 22.7 Å². The Bertz CT molecular complexity index is 2660. The van der Waals surface area contributed by atoms with Crippen LogP contribution in [0.4, 0.5) is 0 Å². The summed E-state index contributed by atoms with van der Waals surface area (Å²) in [5.41, 5.74) is 3.89. The molecular formula is C36H19NS2. The lowest BCUT2D eigenvalue weighted by atomic mass is 10.0. The van der Waals surface area contributed by atoms with Gasteiger partial charge in [-0.15, -0.1) is 22.7 Å². The van der Waals surface area contributed by atoms with Crippen LogP contribution in [-0.4, -0.2) is 4.40 Å². The minimum atomic E-state index is 1.27. The SMILES string of the molecule is c1ccc2c(c1)sc1c2ccc2c3cccc4c5ccccc5c5cccc6sc7cccc(c7c65)n(c43)c21. The lowest BCUT2D eigenvalue weighted by molar-refractivity contribution is 1.37. The van der Waals surface area contributed by atoms with Gasteiger partial charge in [-0.1, -0.05) is 91.0 Å². The molecule has 3 heteroatoms. The molecule has 0 saturated heterocycles. The average Bonchev–Trinajstić information content (AvgIpc) is 3.66. The summed E-state index contributed by atoms with van der Waals surface area (Å²) < 4.78 is 7.99. The van der Waals surface area contributed by atoms with E-state index in [0.717, 1.165) is 0 Å². The number of fused-ring (bicyclic) bond motifs is 11. The Balaban J connectivity index is 1.69. The standard InChI is InChI=1S/C36H19NS2/c1-2-9-21-20(8-1)23-11-6-16-30-32(23)33-28(14-7-17-31(33)38-30)37-34-24(21)12-5-13-25(34)26-18-19-27-22-10-3-4-15-29(22)39-36(27)35(26)37/h1-19H. The third kappa shape index (κ3) is 2.46. The molecule has 0 atom stereocenters. The van der Waals surface area contributed by atoms with Crippen LogP contribution >= 0.6 is 22.7 Å². The number of hydrogen-bond donors (Lipinski definition) is 0. The summed E-state index contributed by atoms with van der Waals surface area (Å²) in [6.07, 6.45) is 0. The summed E-state index contributed by atoms with van der Waals surface area (Å²) in [5, 5.41) is 13.2. The number of thiophene rings is 2. The largest absolute Gasteiger partial charge is 0.306 e. The molecule has 0 fully saturated rings. The molecule has 0 radical (unpaired) electrons. The summed E-state index contributed by atoms with van der Waals surface area (Å²) in [6.45, 7) is 0. The lowest BCUT2D eigenvalue weighted by Crippen LogP contribution is -1.86. The van der Waals surface area contributed by atoms with Crippen LogP contribution in [0.15, 0.2) is 115 Å². The Labute approximate surface area is 230 Å². The molecule has 39 heavy (non-hydrogen) atoms. The molecule has 10 rings (SSSR count). The van der Waals surface area contributed by atoms with Crippen LogP contribution in [0.25, 0.3) is 89.2 Å². The zero-order valence-corrected chi connectivity index (χ0v) is 22.4. The molecule has 0 aliphatic heterocycles. The van der Waals surface area contributed by atoms with Gasteiger partial charge >= 0.3 is 0 Å². The summed E-state index contributed by atoms with van der Waals surface area (Å²) in [7, 11) is 0. The van der Waals surface area contributed by atoms with Crippen molar-refractivity contribution in [3.05, 3.63) is 115 Å². The molecule has 0 aliphatic rings. The second-order valence-electron chi connectivity index (χ2n) is 10.5. The normalized spacial score (nSPS) is 12.6. The first-order chi connectivity index (χ1) is 19.4. The topological polar surface area (TPSA) is 4.41 Å². The van der Waals surface area contributed by atoms with Gasteiger partial charge in [0, 0.05) is 51.8 Å². The van der Waals surface area contributed by atoms with Crippen molar-refractivity contribution in [1.82, 2.24) is 4.40 Å². The van der Waals surface area contributed by atoms with Crippen LogP contribution in [0.3, 0.4) is 0 Å². The maximum absolute atomic E-state index is 2.60. The number of aromatic nitrogens is 1. The van der Waals surface area contributed by atoms with E-state index in [0.29, 0.717) is 0 Å². The molecule has 0 saturated carbocycles. The Hall–Kier alpha value is -4.44. The van der Waals surface area contributed by atoms with Crippen LogP contribution in [0.2, 0.25) is 0 Å². The van der Waals surface area contributed by atoms with Crippen molar-refractivity contribution in [3.8, 4) is 0 Å². The third-order valence-corrected chi connectivity index (χ3v) is 10.9. The molecule has 0 N–H and O–H groups in total. The van der Waals surface area contributed by atoms with Gasteiger partial charge in [-0.05, 0) is 40.4 Å². The highest BCUT2D eigenvalue weighted by Gasteiger charge is 2.20. The fourth-order valence-electron chi connectivity index (χ4n) is 7.00. The summed E-state index contributed by atoms with van der Waals surface area (Å²) >= 11 is 3.83. The maximum Gasteiger partial charge on any atom is 0.0720 e. The number of benzene rings is 6. The fourth-order valence-corrected chi connectivity index (χ4v) is 9.39. The molecule has 0 spiro atoms. The molecule has 0 bridgehead atoms. The second-order valence-corrected chi connectivity index (χ2v) is 12.6. The molecule has 4 heterocycles. The quantitative estimate of drug-likeness (QED) is 0.184. The van der Waals surface area contributed by atoms with E-state index < -0.39 is 0 Å². The van der Waals surface area contributed by atoms with E-state index in [1.165, 1.54) is 89.2 Å². The third-order valence-electron chi connectivity index (χ3n) is 8.54. The molecule has 10 aromatic rings. The van der Waals surface area contributed by atoms with Crippen molar-refractivity contribution in [2.45, 2.75) is 0 Å². The van der Waals surface area contributed by atoms with Gasteiger partial charge in [0.05, 0.1) is 21.3 Å². The number of rotatable bonds is 0. The monoisotopic (exact) mass is 529 g/mol. The Kier molecular flexibility index (Phi) is 3.76. The van der Waals surface area contributed by atoms with E-state index in [1.54, 1.807) is 0 Å². The van der Waals surface area contributed by atoms with Crippen LogP contribution in [0.1, 0.15) is 0 Å². The van der Waals surface area contributed by atoms with Crippen LogP contribution in [0, 0.1) is 0 Å². The Morgan fingerprint density at radius 1 is 0.359 bits per heavy atom. The van der Waals surface area contributed by atoms with Gasteiger partial charge < -0.3 is 4.40 Å². The predicted octanol–water partition coefficient (Wildman–Crippen LogP) is 11.3. The zero-order chi connectivity index (χ0) is 25.2. The van der Waals surface area contributed by atoms with Gasteiger partial charge in [0.2, 0.25) is 0 Å². The maximum atomic E-state index is 2.60. The highest BCUT2D eigenvalue weighted by Crippen LogP contribution is 2.46. The molecule has 1 nitrogen and oxygen atoms in total. The van der Waals surface area contributed by atoms with E-state index >= 15 is 0 Å². The van der Waals surface area contributed by atoms with Crippen LogP contribution in [-0.2, 0) is 0 Å². The first-order valence-electron chi connectivity index (χ1n) is 13.3. The first-order valence-corrected chi connectivity index (χ1v) is 14.9. The van der Waals surface area contributed by atoms with Crippen molar-refractivity contribution in [2.24, 2.45) is 0 Å². The summed E-state index contributed by atoms with van der Waals surface area (Å²) in [5.74, 6) is 0. The Morgan fingerprint density at radius 2 is 0.923 bits per heavy atom. The highest BCUT2D eigenvalue weighted by molar-refractivity contribution is 7.27. The number of hydrogen-bond acceptors (Lipinski definition) is 2. The second kappa shape index (κ2) is 7.15. The van der Waals surface area contributed by atoms with Crippen molar-refractivity contribution in [2.75, 3.05) is 0 Å². The van der Waals surface area contributed by atoms with Gasteiger partial charge in [-0.3, -0.25) is 0 Å². The lowest BCUT2D eigenvalue weighted by Gasteiger charge is -2.04. The molecule has 4 aromatic heterocycles. The van der Waals surface area contributed by atoms with Gasteiger partial charge in [0.1, 0.15) is 0 Å². The van der Waals surface area contributed by atoms with E-state index in [4.69, 9.17) is 0 Å².